The molecular weight excluding hydrogens is 432 g/mol. The lowest BCUT2D eigenvalue weighted by molar-refractivity contribution is -0.140. The maximum absolute atomic E-state index is 13.3. The van der Waals surface area contributed by atoms with Gasteiger partial charge in [0.15, 0.2) is 5.76 Å². The highest BCUT2D eigenvalue weighted by molar-refractivity contribution is 6.46. The number of likely N-dealkylation sites (N-methyl/N-ethyl adjacent to an activating group) is 1. The number of carbonyl (C=O) groups excluding carboxylic acids is 2. The predicted octanol–water partition coefficient (Wildman–Crippen LogP) is 3.19. The number of hydrogen-bond donors (Lipinski definition) is 1. The van der Waals surface area contributed by atoms with Crippen LogP contribution in [0.4, 0.5) is 0 Å². The van der Waals surface area contributed by atoms with Crippen molar-refractivity contribution in [3.05, 3.63) is 83.8 Å². The Balaban J connectivity index is 1.90. The molecule has 1 aliphatic heterocycles. The van der Waals surface area contributed by atoms with Crippen molar-refractivity contribution in [1.29, 1.82) is 0 Å². The third kappa shape index (κ3) is 4.20. The summed E-state index contributed by atoms with van der Waals surface area (Å²) in [4.78, 5) is 34.4. The summed E-state index contributed by atoms with van der Waals surface area (Å²) in [6.07, 6.45) is 3.41. The maximum Gasteiger partial charge on any atom is 0.295 e. The summed E-state index contributed by atoms with van der Waals surface area (Å²) in [6, 6.07) is 11.9. The van der Waals surface area contributed by atoms with Gasteiger partial charge >= 0.3 is 0 Å². The van der Waals surface area contributed by atoms with E-state index in [1.165, 1.54) is 4.90 Å². The van der Waals surface area contributed by atoms with Gasteiger partial charge < -0.3 is 19.6 Å². The topological polar surface area (TPSA) is 87.4 Å². The van der Waals surface area contributed by atoms with Gasteiger partial charge in [0, 0.05) is 19.3 Å². The third-order valence-electron chi connectivity index (χ3n) is 5.80. The number of imidazole rings is 1. The van der Waals surface area contributed by atoms with Crippen molar-refractivity contribution in [1.82, 2.24) is 19.2 Å². The SMILES string of the molecule is C=CCOc1cccc(C2C(=C(O)c3c(C)nc4ccccn34)C(=O)C(=O)N2CCN(C)C)c1. The molecule has 0 bridgehead atoms. The highest BCUT2D eigenvalue weighted by Gasteiger charge is 2.46. The minimum Gasteiger partial charge on any atom is -0.505 e. The summed E-state index contributed by atoms with van der Waals surface area (Å²) in [7, 11) is 3.80. The van der Waals surface area contributed by atoms with Gasteiger partial charge in [-0.1, -0.05) is 30.9 Å². The Morgan fingerprint density at radius 3 is 2.76 bits per heavy atom. The fraction of sp³-hybridized carbons (Fsp3) is 0.269. The van der Waals surface area contributed by atoms with Gasteiger partial charge in [-0.05, 0) is 50.8 Å². The molecule has 0 radical (unpaired) electrons. The molecule has 0 spiro atoms. The Hall–Kier alpha value is -3.91. The fourth-order valence-electron chi connectivity index (χ4n) is 4.22. The first-order chi connectivity index (χ1) is 16.3. The summed E-state index contributed by atoms with van der Waals surface area (Å²) < 4.78 is 7.40. The predicted molar refractivity (Wildman–Crippen MR) is 130 cm³/mol. The van der Waals surface area contributed by atoms with Crippen molar-refractivity contribution >= 4 is 23.1 Å². The van der Waals surface area contributed by atoms with Gasteiger partial charge in [-0.2, -0.15) is 0 Å². The lowest BCUT2D eigenvalue weighted by atomic mass is 9.96. The number of aryl methyl sites for hydroxylation is 1. The molecule has 3 aromatic rings. The van der Waals surface area contributed by atoms with E-state index < -0.39 is 17.7 Å². The van der Waals surface area contributed by atoms with E-state index in [2.05, 4.69) is 11.6 Å². The minimum atomic E-state index is -0.763. The molecule has 1 aromatic carbocycles. The number of amides is 1. The van der Waals surface area contributed by atoms with Crippen LogP contribution >= 0.6 is 0 Å². The van der Waals surface area contributed by atoms with E-state index in [0.29, 0.717) is 48.0 Å². The van der Waals surface area contributed by atoms with E-state index in [0.717, 1.165) is 0 Å². The molecule has 1 aliphatic rings. The lowest BCUT2D eigenvalue weighted by Crippen LogP contribution is -2.35. The van der Waals surface area contributed by atoms with E-state index in [9.17, 15) is 14.7 Å². The number of aromatic nitrogens is 2. The number of rotatable bonds is 8. The van der Waals surface area contributed by atoms with Crippen LogP contribution in [0.5, 0.6) is 5.75 Å². The van der Waals surface area contributed by atoms with Crippen molar-refractivity contribution in [2.24, 2.45) is 0 Å². The maximum atomic E-state index is 13.3. The molecule has 176 valence electrons. The molecule has 3 heterocycles. The summed E-state index contributed by atoms with van der Waals surface area (Å²) in [6.45, 7) is 6.64. The number of nitrogens with zero attached hydrogens (tertiary/aromatic N) is 4. The quantitative estimate of drug-likeness (QED) is 0.240. The van der Waals surface area contributed by atoms with Crippen LogP contribution in [-0.2, 0) is 9.59 Å². The number of hydrogen-bond acceptors (Lipinski definition) is 6. The zero-order valence-corrected chi connectivity index (χ0v) is 19.6. The van der Waals surface area contributed by atoms with E-state index in [4.69, 9.17) is 4.74 Å². The average molecular weight is 461 g/mol. The van der Waals surface area contributed by atoms with Gasteiger partial charge in [0.1, 0.15) is 23.7 Å². The Kier molecular flexibility index (Phi) is 6.51. The van der Waals surface area contributed by atoms with E-state index in [1.807, 2.05) is 43.3 Å². The number of aliphatic hydroxyl groups is 1. The molecule has 8 nitrogen and oxygen atoms in total. The molecule has 1 amide bonds. The molecule has 1 saturated heterocycles. The van der Waals surface area contributed by atoms with Crippen LogP contribution in [0.2, 0.25) is 0 Å². The molecule has 1 unspecified atom stereocenters. The average Bonchev–Trinajstić information content (AvgIpc) is 3.29. The second-order valence-corrected chi connectivity index (χ2v) is 8.44. The first-order valence-electron chi connectivity index (χ1n) is 11.0. The number of Topliss-reactive ketones (excluding diaryl/α,β-unsaturated/α-hetero) is 1. The van der Waals surface area contributed by atoms with E-state index >= 15 is 0 Å². The Bertz CT molecular complexity index is 1290. The number of fused-ring (bicyclic) bond motifs is 1. The van der Waals surface area contributed by atoms with E-state index in [1.54, 1.807) is 41.8 Å². The van der Waals surface area contributed by atoms with Crippen molar-refractivity contribution < 1.29 is 19.4 Å². The highest BCUT2D eigenvalue weighted by atomic mass is 16.5. The number of pyridine rings is 1. The monoisotopic (exact) mass is 460 g/mol. The highest BCUT2D eigenvalue weighted by Crippen LogP contribution is 2.40. The summed E-state index contributed by atoms with van der Waals surface area (Å²) >= 11 is 0. The largest absolute Gasteiger partial charge is 0.505 e. The number of carbonyl (C=O) groups is 2. The van der Waals surface area contributed by atoms with Crippen molar-refractivity contribution in [3.8, 4) is 5.75 Å². The molecule has 1 N–H and O–H groups in total. The molecule has 1 atom stereocenters. The smallest absolute Gasteiger partial charge is 0.295 e. The molecule has 8 heteroatoms. The molecular formula is C26H28N4O4. The number of aliphatic hydroxyl groups excluding tert-OH is 1. The summed E-state index contributed by atoms with van der Waals surface area (Å²) in [5.74, 6) is -1.02. The van der Waals surface area contributed by atoms with Crippen molar-refractivity contribution in [2.75, 3.05) is 33.8 Å². The first kappa shape index (κ1) is 23.3. The zero-order chi connectivity index (χ0) is 24.4. The van der Waals surface area contributed by atoms with Crippen LogP contribution in [0.3, 0.4) is 0 Å². The number of likely N-dealkylation sites (tertiary alicyclic amines) is 1. The van der Waals surface area contributed by atoms with Crippen molar-refractivity contribution in [3.63, 3.8) is 0 Å². The molecule has 0 saturated carbocycles. The van der Waals surface area contributed by atoms with E-state index in [-0.39, 0.29) is 11.3 Å². The van der Waals surface area contributed by atoms with Gasteiger partial charge in [-0.15, -0.1) is 0 Å². The number of ether oxygens (including phenoxy) is 1. The Labute approximate surface area is 198 Å². The van der Waals surface area contributed by atoms with Crippen molar-refractivity contribution in [2.45, 2.75) is 13.0 Å². The second-order valence-electron chi connectivity index (χ2n) is 8.44. The van der Waals surface area contributed by atoms with Gasteiger partial charge in [-0.25, -0.2) is 4.98 Å². The minimum absolute atomic E-state index is 0.0402. The van der Waals surface area contributed by atoms with Crippen LogP contribution in [0.15, 0.2) is 66.9 Å². The lowest BCUT2D eigenvalue weighted by Gasteiger charge is -2.26. The molecule has 2 aromatic heterocycles. The van der Waals surface area contributed by atoms with Crippen LogP contribution in [0, 0.1) is 6.92 Å². The zero-order valence-electron chi connectivity index (χ0n) is 19.6. The fourth-order valence-corrected chi connectivity index (χ4v) is 4.22. The summed E-state index contributed by atoms with van der Waals surface area (Å²) in [5, 5.41) is 11.5. The standard InChI is InChI=1S/C26H28N4O4/c1-5-15-34-19-10-8-9-18(16-19)23-21(25(32)26(33)30(23)14-13-28(3)4)24(31)22-17(2)27-20-11-6-7-12-29(20)22/h5-12,16,23,31H,1,13-15H2,2-4H3. The molecule has 34 heavy (non-hydrogen) atoms. The number of ketones is 1. The van der Waals surface area contributed by atoms with Gasteiger partial charge in [0.25, 0.3) is 11.7 Å². The van der Waals surface area contributed by atoms with Gasteiger partial charge in [0.05, 0.1) is 17.3 Å². The first-order valence-corrected chi connectivity index (χ1v) is 11.0. The normalized spacial score (nSPS) is 17.6. The van der Waals surface area contributed by atoms with Crippen LogP contribution in [0.25, 0.3) is 11.4 Å². The number of benzene rings is 1. The second kappa shape index (κ2) is 9.52. The molecule has 1 fully saturated rings. The van der Waals surface area contributed by atoms with Gasteiger partial charge in [-0.3, -0.25) is 14.0 Å². The molecule has 4 rings (SSSR count). The van der Waals surface area contributed by atoms with Crippen LogP contribution < -0.4 is 4.74 Å². The van der Waals surface area contributed by atoms with Crippen LogP contribution in [0.1, 0.15) is 23.0 Å². The Morgan fingerprint density at radius 1 is 1.24 bits per heavy atom. The molecule has 0 aliphatic carbocycles. The van der Waals surface area contributed by atoms with Gasteiger partial charge in [0.2, 0.25) is 0 Å². The Morgan fingerprint density at radius 2 is 2.03 bits per heavy atom. The van der Waals surface area contributed by atoms with Crippen LogP contribution in [-0.4, -0.2) is 69.8 Å². The third-order valence-corrected chi connectivity index (χ3v) is 5.80. The summed E-state index contributed by atoms with van der Waals surface area (Å²) in [5.41, 5.74) is 2.31.